The highest BCUT2D eigenvalue weighted by Crippen LogP contribution is 2.45. The number of aldehydes is 1. The summed E-state index contributed by atoms with van der Waals surface area (Å²) in [6.45, 7) is 4.16. The zero-order valence-electron chi connectivity index (χ0n) is 11.6. The first-order valence-electron chi connectivity index (χ1n) is 6.74. The lowest BCUT2D eigenvalue weighted by molar-refractivity contribution is 0.112. The van der Waals surface area contributed by atoms with Crippen LogP contribution in [0.3, 0.4) is 0 Å². The second-order valence-corrected chi connectivity index (χ2v) is 5.37. The van der Waals surface area contributed by atoms with Gasteiger partial charge in [-0.1, -0.05) is 6.92 Å². The van der Waals surface area contributed by atoms with Crippen LogP contribution in [0.4, 0.5) is 0 Å². The maximum Gasteiger partial charge on any atom is 0.176 e. The Bertz CT molecular complexity index is 652. The summed E-state index contributed by atoms with van der Waals surface area (Å²) in [4.78, 5) is 11.6. The molecule has 1 aliphatic rings. The number of methoxy groups -OCH3 is 1. The molecule has 0 radical (unpaired) electrons. The van der Waals surface area contributed by atoms with Gasteiger partial charge in [0.1, 0.15) is 0 Å². The monoisotopic (exact) mass is 258 g/mol. The van der Waals surface area contributed by atoms with Crippen molar-refractivity contribution in [2.75, 3.05) is 7.11 Å². The predicted octanol–water partition coefficient (Wildman–Crippen LogP) is 4.00. The highest BCUT2D eigenvalue weighted by molar-refractivity contribution is 6.03. The largest absolute Gasteiger partial charge is 0.493 e. The molecule has 1 atom stereocenters. The first-order chi connectivity index (χ1) is 9.19. The molecule has 2 aromatic rings. The van der Waals surface area contributed by atoms with Crippen molar-refractivity contribution >= 4 is 17.3 Å². The maximum atomic E-state index is 11.6. The van der Waals surface area contributed by atoms with E-state index in [-0.39, 0.29) is 0 Å². The fourth-order valence-corrected chi connectivity index (χ4v) is 3.38. The van der Waals surface area contributed by atoms with E-state index in [0.717, 1.165) is 64.5 Å². The summed E-state index contributed by atoms with van der Waals surface area (Å²) in [6, 6.07) is 0. The molecule has 0 spiro atoms. The topological polar surface area (TPSA) is 39.4 Å². The lowest BCUT2D eigenvalue weighted by atomic mass is 9.79. The number of rotatable bonds is 2. The predicted molar refractivity (Wildman–Crippen MR) is 74.2 cm³/mol. The Morgan fingerprint density at radius 2 is 2.26 bits per heavy atom. The molecule has 0 aliphatic heterocycles. The van der Waals surface area contributed by atoms with Gasteiger partial charge in [0, 0.05) is 16.5 Å². The lowest BCUT2D eigenvalue weighted by Crippen LogP contribution is -2.12. The fraction of sp³-hybridized carbons (Fsp3) is 0.438. The van der Waals surface area contributed by atoms with Gasteiger partial charge in [-0.25, -0.2) is 0 Å². The summed E-state index contributed by atoms with van der Waals surface area (Å²) >= 11 is 0. The summed E-state index contributed by atoms with van der Waals surface area (Å²) in [7, 11) is 1.67. The van der Waals surface area contributed by atoms with Gasteiger partial charge in [-0.15, -0.1) is 0 Å². The Morgan fingerprint density at radius 3 is 2.95 bits per heavy atom. The van der Waals surface area contributed by atoms with E-state index in [1.165, 1.54) is 0 Å². The van der Waals surface area contributed by atoms with Crippen molar-refractivity contribution in [2.45, 2.75) is 39.0 Å². The van der Waals surface area contributed by atoms with Crippen molar-refractivity contribution in [3.8, 4) is 5.75 Å². The number of ether oxygens (including phenoxy) is 1. The molecular weight excluding hydrogens is 240 g/mol. The van der Waals surface area contributed by atoms with Crippen LogP contribution in [0.2, 0.25) is 0 Å². The first-order valence-corrected chi connectivity index (χ1v) is 6.74. The van der Waals surface area contributed by atoms with E-state index in [1.54, 1.807) is 13.4 Å². The quantitative estimate of drug-likeness (QED) is 0.764. The Balaban J connectivity index is 2.50. The van der Waals surface area contributed by atoms with E-state index in [0.29, 0.717) is 5.92 Å². The van der Waals surface area contributed by atoms with Gasteiger partial charge in [-0.05, 0) is 43.2 Å². The molecule has 1 aromatic carbocycles. The zero-order chi connectivity index (χ0) is 13.6. The second kappa shape index (κ2) is 4.41. The molecule has 0 unspecified atom stereocenters. The molecule has 19 heavy (non-hydrogen) atoms. The van der Waals surface area contributed by atoms with E-state index in [2.05, 4.69) is 6.92 Å². The van der Waals surface area contributed by atoms with E-state index in [4.69, 9.17) is 9.15 Å². The molecule has 0 saturated heterocycles. The summed E-state index contributed by atoms with van der Waals surface area (Å²) in [5.41, 5.74) is 4.83. The van der Waals surface area contributed by atoms with Gasteiger partial charge in [0.25, 0.3) is 0 Å². The second-order valence-electron chi connectivity index (χ2n) is 5.37. The number of benzene rings is 1. The third kappa shape index (κ3) is 1.61. The van der Waals surface area contributed by atoms with Gasteiger partial charge in [-0.3, -0.25) is 4.79 Å². The van der Waals surface area contributed by atoms with Crippen molar-refractivity contribution in [3.05, 3.63) is 28.5 Å². The van der Waals surface area contributed by atoms with Crippen LogP contribution >= 0.6 is 0 Å². The van der Waals surface area contributed by atoms with Crippen LogP contribution in [-0.2, 0) is 6.42 Å². The summed E-state index contributed by atoms with van der Waals surface area (Å²) < 4.78 is 11.2. The third-order valence-corrected chi connectivity index (χ3v) is 4.22. The van der Waals surface area contributed by atoms with Crippen LogP contribution < -0.4 is 4.74 Å². The Labute approximate surface area is 112 Å². The van der Waals surface area contributed by atoms with Crippen LogP contribution in [-0.4, -0.2) is 13.4 Å². The number of hydrogen-bond acceptors (Lipinski definition) is 3. The molecule has 3 heteroatoms. The standard InChI is InChI=1S/C16H18O3/c1-9-5-4-6-11-13(9)12(7-17)14-10(2)8-19-16(14)15(11)18-3/h7-9H,4-6H2,1-3H3/t9-/m0/s1. The zero-order valence-corrected chi connectivity index (χ0v) is 11.6. The minimum atomic E-state index is 0.400. The molecule has 0 amide bonds. The van der Waals surface area contributed by atoms with Crippen LogP contribution in [0, 0.1) is 6.92 Å². The number of furan rings is 1. The third-order valence-electron chi connectivity index (χ3n) is 4.22. The minimum absolute atomic E-state index is 0.400. The Morgan fingerprint density at radius 1 is 1.47 bits per heavy atom. The van der Waals surface area contributed by atoms with Crippen LogP contribution in [0.1, 0.15) is 52.7 Å². The Kier molecular flexibility index (Phi) is 2.85. The molecule has 100 valence electrons. The molecule has 0 saturated carbocycles. The number of carbonyl (C=O) groups excluding carboxylic acids is 1. The number of fused-ring (bicyclic) bond motifs is 2. The lowest BCUT2D eigenvalue weighted by Gasteiger charge is -2.26. The van der Waals surface area contributed by atoms with Crippen LogP contribution in [0.25, 0.3) is 11.0 Å². The van der Waals surface area contributed by atoms with Gasteiger partial charge in [-0.2, -0.15) is 0 Å². The highest BCUT2D eigenvalue weighted by atomic mass is 16.5. The molecule has 0 bridgehead atoms. The van der Waals surface area contributed by atoms with Crippen molar-refractivity contribution in [1.82, 2.24) is 0 Å². The van der Waals surface area contributed by atoms with Crippen molar-refractivity contribution < 1.29 is 13.9 Å². The molecular formula is C16H18O3. The van der Waals surface area contributed by atoms with Crippen molar-refractivity contribution in [1.29, 1.82) is 0 Å². The molecule has 1 heterocycles. The molecule has 0 fully saturated rings. The molecule has 0 N–H and O–H groups in total. The van der Waals surface area contributed by atoms with E-state index >= 15 is 0 Å². The average Bonchev–Trinajstić information content (AvgIpc) is 2.79. The summed E-state index contributed by atoms with van der Waals surface area (Å²) in [5.74, 6) is 1.21. The van der Waals surface area contributed by atoms with Gasteiger partial charge >= 0.3 is 0 Å². The number of hydrogen-bond donors (Lipinski definition) is 0. The molecule has 3 rings (SSSR count). The molecule has 1 aliphatic carbocycles. The van der Waals surface area contributed by atoms with E-state index in [9.17, 15) is 4.79 Å². The SMILES string of the molecule is COc1c2c(c(C=O)c3c(C)coc13)[C@@H](C)CCC2. The Hall–Kier alpha value is -1.77. The van der Waals surface area contributed by atoms with Crippen molar-refractivity contribution in [3.63, 3.8) is 0 Å². The highest BCUT2D eigenvalue weighted by Gasteiger charge is 2.28. The normalized spacial score (nSPS) is 18.4. The average molecular weight is 258 g/mol. The smallest absolute Gasteiger partial charge is 0.176 e. The number of carbonyl (C=O) groups is 1. The van der Waals surface area contributed by atoms with Gasteiger partial charge in [0.05, 0.1) is 13.4 Å². The van der Waals surface area contributed by atoms with Gasteiger partial charge < -0.3 is 9.15 Å². The maximum absolute atomic E-state index is 11.6. The van der Waals surface area contributed by atoms with E-state index < -0.39 is 0 Å². The van der Waals surface area contributed by atoms with Crippen LogP contribution in [0.5, 0.6) is 5.75 Å². The number of aryl methyl sites for hydroxylation is 1. The molecule has 3 nitrogen and oxygen atoms in total. The fourth-order valence-electron chi connectivity index (χ4n) is 3.38. The molecule has 1 aromatic heterocycles. The summed E-state index contributed by atoms with van der Waals surface area (Å²) in [6.07, 6.45) is 5.90. The van der Waals surface area contributed by atoms with Crippen LogP contribution in [0.15, 0.2) is 10.7 Å². The van der Waals surface area contributed by atoms with Gasteiger partial charge in [0.15, 0.2) is 17.6 Å². The minimum Gasteiger partial charge on any atom is -0.493 e. The van der Waals surface area contributed by atoms with Crippen molar-refractivity contribution in [2.24, 2.45) is 0 Å². The first kappa shape index (κ1) is 12.3. The van der Waals surface area contributed by atoms with E-state index in [1.807, 2.05) is 6.92 Å². The van der Waals surface area contributed by atoms with Gasteiger partial charge in [0.2, 0.25) is 0 Å². The summed E-state index contributed by atoms with van der Waals surface area (Å²) in [5, 5.41) is 0.916.